The van der Waals surface area contributed by atoms with Crippen molar-refractivity contribution >= 4 is 22.5 Å². The fourth-order valence-corrected chi connectivity index (χ4v) is 2.55. The number of nitrogens with zero attached hydrogens (tertiary/aromatic N) is 1. The van der Waals surface area contributed by atoms with Crippen molar-refractivity contribution in [1.29, 1.82) is 0 Å². The lowest BCUT2D eigenvalue weighted by Gasteiger charge is -2.08. The van der Waals surface area contributed by atoms with Crippen molar-refractivity contribution in [2.45, 2.75) is 6.54 Å². The highest BCUT2D eigenvalue weighted by Gasteiger charge is 2.08. The minimum atomic E-state index is -0.251. The number of methoxy groups -OCH3 is 1. The molecule has 0 amide bonds. The van der Waals surface area contributed by atoms with E-state index in [2.05, 4.69) is 0 Å². The summed E-state index contributed by atoms with van der Waals surface area (Å²) in [5.74, 6) is 0.562. The van der Waals surface area contributed by atoms with Gasteiger partial charge in [0.15, 0.2) is 0 Å². The third kappa shape index (κ3) is 2.25. The van der Waals surface area contributed by atoms with E-state index in [1.807, 2.05) is 35.0 Å². The lowest BCUT2D eigenvalue weighted by Crippen LogP contribution is -2.00. The van der Waals surface area contributed by atoms with Gasteiger partial charge in [-0.15, -0.1) is 0 Å². The van der Waals surface area contributed by atoms with E-state index in [0.29, 0.717) is 17.1 Å². The van der Waals surface area contributed by atoms with Crippen molar-refractivity contribution in [2.75, 3.05) is 7.11 Å². The molecule has 4 heteroatoms. The minimum Gasteiger partial charge on any atom is -0.496 e. The smallest absolute Gasteiger partial charge is 0.128 e. The Balaban J connectivity index is 2.05. The van der Waals surface area contributed by atoms with Crippen molar-refractivity contribution in [2.24, 2.45) is 0 Å². The Labute approximate surface area is 121 Å². The average molecular weight is 290 g/mol. The maximum atomic E-state index is 13.8. The molecule has 0 unspecified atom stereocenters. The van der Waals surface area contributed by atoms with Gasteiger partial charge in [0.05, 0.1) is 19.2 Å². The molecule has 0 aliphatic carbocycles. The van der Waals surface area contributed by atoms with Gasteiger partial charge in [0.25, 0.3) is 0 Å². The molecule has 3 rings (SSSR count). The molecule has 0 aliphatic rings. The molecule has 1 aromatic heterocycles. The Morgan fingerprint density at radius 3 is 2.85 bits per heavy atom. The Bertz CT molecular complexity index is 766. The van der Waals surface area contributed by atoms with Crippen molar-refractivity contribution in [1.82, 2.24) is 4.57 Å². The van der Waals surface area contributed by atoms with Crippen LogP contribution in [0.2, 0.25) is 5.02 Å². The van der Waals surface area contributed by atoms with Crippen LogP contribution in [0.4, 0.5) is 4.39 Å². The predicted octanol–water partition coefficient (Wildman–Crippen LogP) is 4.49. The molecule has 20 heavy (non-hydrogen) atoms. The van der Waals surface area contributed by atoms with E-state index in [-0.39, 0.29) is 5.82 Å². The van der Waals surface area contributed by atoms with Crippen LogP contribution in [0.3, 0.4) is 0 Å². The molecule has 2 aromatic carbocycles. The summed E-state index contributed by atoms with van der Waals surface area (Å²) in [4.78, 5) is 0. The highest BCUT2D eigenvalue weighted by Crippen LogP contribution is 2.27. The summed E-state index contributed by atoms with van der Waals surface area (Å²) in [5.41, 5.74) is 1.57. The lowest BCUT2D eigenvalue weighted by molar-refractivity contribution is 0.420. The number of fused-ring (bicyclic) bond motifs is 1. The number of aromatic nitrogens is 1. The Morgan fingerprint density at radius 2 is 2.05 bits per heavy atom. The number of hydrogen-bond donors (Lipinski definition) is 0. The van der Waals surface area contributed by atoms with Gasteiger partial charge in [0.1, 0.15) is 11.6 Å². The van der Waals surface area contributed by atoms with Crippen LogP contribution < -0.4 is 4.74 Å². The summed E-state index contributed by atoms with van der Waals surface area (Å²) < 4.78 is 21.1. The number of ether oxygens (including phenoxy) is 1. The first-order chi connectivity index (χ1) is 9.69. The molecule has 102 valence electrons. The minimum absolute atomic E-state index is 0.251. The second-order valence-corrected chi connectivity index (χ2v) is 5.01. The summed E-state index contributed by atoms with van der Waals surface area (Å²) in [6, 6.07) is 12.4. The highest BCUT2D eigenvalue weighted by atomic mass is 35.5. The topological polar surface area (TPSA) is 14.2 Å². The molecule has 0 fully saturated rings. The Kier molecular flexibility index (Phi) is 3.36. The third-order valence-corrected chi connectivity index (χ3v) is 3.58. The summed E-state index contributed by atoms with van der Waals surface area (Å²) in [7, 11) is 1.64. The molecule has 3 aromatic rings. The summed E-state index contributed by atoms with van der Waals surface area (Å²) >= 11 is 5.93. The zero-order chi connectivity index (χ0) is 14.1. The second kappa shape index (κ2) is 5.17. The molecule has 0 spiro atoms. The zero-order valence-electron chi connectivity index (χ0n) is 10.9. The first-order valence-electron chi connectivity index (χ1n) is 6.25. The molecule has 1 heterocycles. The summed E-state index contributed by atoms with van der Waals surface area (Å²) in [6.45, 7) is 0.434. The van der Waals surface area contributed by atoms with Crippen LogP contribution in [-0.2, 0) is 6.54 Å². The number of halogens is 2. The quantitative estimate of drug-likeness (QED) is 0.693. The van der Waals surface area contributed by atoms with E-state index >= 15 is 0 Å². The van der Waals surface area contributed by atoms with E-state index in [1.54, 1.807) is 19.2 Å². The molecule has 0 bridgehead atoms. The van der Waals surface area contributed by atoms with Crippen molar-refractivity contribution in [3.8, 4) is 5.75 Å². The molecule has 0 saturated heterocycles. The third-order valence-electron chi connectivity index (χ3n) is 3.34. The van der Waals surface area contributed by atoms with Gasteiger partial charge in [-0.25, -0.2) is 4.39 Å². The van der Waals surface area contributed by atoms with Crippen LogP contribution in [0.15, 0.2) is 48.7 Å². The monoisotopic (exact) mass is 289 g/mol. The fourth-order valence-electron chi connectivity index (χ4n) is 2.36. The van der Waals surface area contributed by atoms with Crippen molar-refractivity contribution < 1.29 is 9.13 Å². The maximum Gasteiger partial charge on any atom is 0.128 e. The summed E-state index contributed by atoms with van der Waals surface area (Å²) in [6.07, 6.45) is 1.92. The van der Waals surface area contributed by atoms with Crippen LogP contribution in [0.5, 0.6) is 5.75 Å². The number of rotatable bonds is 3. The van der Waals surface area contributed by atoms with Crippen LogP contribution in [-0.4, -0.2) is 11.7 Å². The van der Waals surface area contributed by atoms with Gasteiger partial charge in [-0.2, -0.15) is 0 Å². The van der Waals surface area contributed by atoms with Gasteiger partial charge >= 0.3 is 0 Å². The number of hydrogen-bond acceptors (Lipinski definition) is 1. The van der Waals surface area contributed by atoms with Crippen LogP contribution in [0.1, 0.15) is 5.56 Å². The first kappa shape index (κ1) is 13.0. The molecule has 0 atom stereocenters. The van der Waals surface area contributed by atoms with Gasteiger partial charge in [-0.3, -0.25) is 0 Å². The van der Waals surface area contributed by atoms with E-state index in [0.717, 1.165) is 16.7 Å². The molecule has 0 N–H and O–H groups in total. The largest absolute Gasteiger partial charge is 0.496 e. The van der Waals surface area contributed by atoms with E-state index in [4.69, 9.17) is 16.3 Å². The van der Waals surface area contributed by atoms with Crippen molar-refractivity contribution in [3.05, 3.63) is 65.1 Å². The SMILES string of the molecule is COc1cccc2c1ccn2Cc1cc(Cl)ccc1F. The van der Waals surface area contributed by atoms with Crippen LogP contribution in [0.25, 0.3) is 10.9 Å². The standard InChI is InChI=1S/C16H13ClFNO/c1-20-16-4-2-3-15-13(16)7-8-19(15)10-11-9-12(17)5-6-14(11)18/h2-9H,10H2,1H3. The maximum absolute atomic E-state index is 13.8. The lowest BCUT2D eigenvalue weighted by atomic mass is 10.2. The molecule has 2 nitrogen and oxygen atoms in total. The van der Waals surface area contributed by atoms with Crippen LogP contribution >= 0.6 is 11.6 Å². The van der Waals surface area contributed by atoms with Gasteiger partial charge in [-0.05, 0) is 36.4 Å². The van der Waals surface area contributed by atoms with Gasteiger partial charge in [0.2, 0.25) is 0 Å². The summed E-state index contributed by atoms with van der Waals surface area (Å²) in [5, 5.41) is 1.55. The van der Waals surface area contributed by atoms with E-state index in [9.17, 15) is 4.39 Å². The van der Waals surface area contributed by atoms with Crippen LogP contribution in [0, 0.1) is 5.82 Å². The zero-order valence-corrected chi connectivity index (χ0v) is 11.7. The van der Waals surface area contributed by atoms with Crippen molar-refractivity contribution in [3.63, 3.8) is 0 Å². The van der Waals surface area contributed by atoms with Gasteiger partial charge < -0.3 is 9.30 Å². The Hall–Kier alpha value is -2.00. The van der Waals surface area contributed by atoms with E-state index in [1.165, 1.54) is 6.07 Å². The highest BCUT2D eigenvalue weighted by molar-refractivity contribution is 6.30. The first-order valence-corrected chi connectivity index (χ1v) is 6.62. The number of benzene rings is 2. The molecule has 0 saturated carbocycles. The average Bonchev–Trinajstić information content (AvgIpc) is 2.86. The molecule has 0 radical (unpaired) electrons. The van der Waals surface area contributed by atoms with Gasteiger partial charge in [-0.1, -0.05) is 17.7 Å². The molecule has 0 aliphatic heterocycles. The normalized spacial score (nSPS) is 10.9. The molecular weight excluding hydrogens is 277 g/mol. The van der Waals surface area contributed by atoms with Gasteiger partial charge in [0, 0.05) is 22.2 Å². The van der Waals surface area contributed by atoms with E-state index < -0.39 is 0 Å². The Morgan fingerprint density at radius 1 is 1.20 bits per heavy atom. The molecular formula is C16H13ClFNO. The fraction of sp³-hybridized carbons (Fsp3) is 0.125. The predicted molar refractivity (Wildman–Crippen MR) is 79.0 cm³/mol. The second-order valence-electron chi connectivity index (χ2n) is 4.57.